The quantitative estimate of drug-likeness (QED) is 0.204. The number of nitriles is 1. The van der Waals surface area contributed by atoms with Crippen LogP contribution in [0.4, 0.5) is 18.9 Å². The highest BCUT2D eigenvalue weighted by Gasteiger charge is 2.57. The number of rotatable bonds is 9. The molecule has 39 heavy (non-hydrogen) atoms. The molecule has 0 radical (unpaired) electrons. The van der Waals surface area contributed by atoms with Crippen LogP contribution in [0.1, 0.15) is 62.6 Å². The first-order chi connectivity index (χ1) is 18.5. The van der Waals surface area contributed by atoms with Crippen LogP contribution in [-0.4, -0.2) is 46.3 Å². The van der Waals surface area contributed by atoms with Crippen LogP contribution in [0.3, 0.4) is 0 Å². The molecule has 1 atom stereocenters. The van der Waals surface area contributed by atoms with Gasteiger partial charge in [-0.05, 0) is 74.0 Å². The van der Waals surface area contributed by atoms with E-state index in [9.17, 15) is 28.4 Å². The Labute approximate surface area is 228 Å². The summed E-state index contributed by atoms with van der Waals surface area (Å²) in [6.07, 6.45) is 0.272. The number of aryl methyl sites for hydroxylation is 2. The van der Waals surface area contributed by atoms with Gasteiger partial charge in [-0.2, -0.15) is 18.4 Å². The highest BCUT2D eigenvalue weighted by Crippen LogP contribution is 2.43. The van der Waals surface area contributed by atoms with Crippen LogP contribution < -0.4 is 0 Å². The summed E-state index contributed by atoms with van der Waals surface area (Å²) in [7, 11) is 0. The highest BCUT2D eigenvalue weighted by molar-refractivity contribution is 5.76. The smallest absolute Gasteiger partial charge is 0.375 e. The van der Waals surface area contributed by atoms with Crippen LogP contribution in [-0.2, 0) is 6.42 Å². The molecule has 0 spiro atoms. The summed E-state index contributed by atoms with van der Waals surface area (Å²) in [6, 6.07) is 16.3. The van der Waals surface area contributed by atoms with Crippen molar-refractivity contribution in [3.05, 3.63) is 81.4 Å². The van der Waals surface area contributed by atoms with Gasteiger partial charge in [-0.1, -0.05) is 63.1 Å². The summed E-state index contributed by atoms with van der Waals surface area (Å²) in [6.45, 7) is 5.51. The van der Waals surface area contributed by atoms with E-state index >= 15 is 0 Å². The van der Waals surface area contributed by atoms with Crippen molar-refractivity contribution in [2.24, 2.45) is 5.92 Å². The lowest BCUT2D eigenvalue weighted by atomic mass is 9.83. The van der Waals surface area contributed by atoms with E-state index < -0.39 is 23.2 Å². The van der Waals surface area contributed by atoms with Gasteiger partial charge < -0.3 is 5.11 Å². The largest absolute Gasteiger partial charge is 0.422 e. The van der Waals surface area contributed by atoms with Gasteiger partial charge in [-0.25, -0.2) is 0 Å². The number of unbranched alkanes of at least 4 members (excludes halogenated alkanes) is 2. The van der Waals surface area contributed by atoms with E-state index in [1.165, 1.54) is 35.6 Å². The number of halogens is 3. The molecule has 0 bridgehead atoms. The van der Waals surface area contributed by atoms with Crippen molar-refractivity contribution in [3.8, 4) is 6.07 Å². The van der Waals surface area contributed by atoms with Gasteiger partial charge in [0.05, 0.1) is 11.0 Å². The number of nitro groups is 1. The predicted molar refractivity (Wildman–Crippen MR) is 147 cm³/mol. The molecule has 6 nitrogen and oxygen atoms in total. The molecule has 1 unspecified atom stereocenters. The molecular formula is C30H38F3N3O3. The number of β-amino-alcohol motifs (C(OH)–C–C–N with tert-alkyl or cyclic N) is 1. The zero-order valence-electron chi connectivity index (χ0n) is 22.9. The van der Waals surface area contributed by atoms with E-state index in [0.29, 0.717) is 31.2 Å². The van der Waals surface area contributed by atoms with E-state index in [-0.39, 0.29) is 35.8 Å². The van der Waals surface area contributed by atoms with Crippen LogP contribution in [0.15, 0.2) is 54.6 Å². The first-order valence-corrected chi connectivity index (χ1v) is 13.4. The Morgan fingerprint density at radius 1 is 1.18 bits per heavy atom. The minimum atomic E-state index is -4.95. The van der Waals surface area contributed by atoms with Crippen LogP contribution in [0.25, 0.3) is 5.57 Å². The standard InChI is InChI=1S/C22H28F3N3O3.C8H10/c1-3-4-5-6-20(19-8-7-18(28(30)31)13-16(19)2)21(29,22(23,24)25)15-27-11-9-17(14-26)10-12-27;1-2-8-6-4-3-5-7-8/h6-8,13,17,29H,3-5,9-12,15H2,1-2H3;3-7H,2H2,1H3/b20-6+;. The summed E-state index contributed by atoms with van der Waals surface area (Å²) in [5.41, 5.74) is -1.78. The summed E-state index contributed by atoms with van der Waals surface area (Å²) >= 11 is 0. The minimum absolute atomic E-state index is 0.147. The molecule has 1 heterocycles. The summed E-state index contributed by atoms with van der Waals surface area (Å²) in [5.74, 6) is -0.188. The molecule has 1 saturated heterocycles. The maximum absolute atomic E-state index is 14.3. The first kappa shape index (κ1) is 32.0. The van der Waals surface area contributed by atoms with E-state index in [4.69, 9.17) is 5.26 Å². The minimum Gasteiger partial charge on any atom is -0.375 e. The fraction of sp³-hybridized carbons (Fsp3) is 0.500. The normalized spacial score (nSPS) is 16.5. The van der Waals surface area contributed by atoms with E-state index in [1.54, 1.807) is 0 Å². The SMILES string of the molecule is CCCC/C=C(\c1ccc([N+](=O)[O-])cc1C)C(O)(CN1CCC(C#N)CC1)C(F)(F)F.CCc1ccccc1. The third kappa shape index (κ3) is 8.91. The lowest BCUT2D eigenvalue weighted by Crippen LogP contribution is -2.55. The summed E-state index contributed by atoms with van der Waals surface area (Å²) in [5, 5.41) is 31.2. The van der Waals surface area contributed by atoms with Crippen molar-refractivity contribution < 1.29 is 23.2 Å². The van der Waals surface area contributed by atoms with E-state index in [2.05, 4.69) is 37.3 Å². The van der Waals surface area contributed by atoms with Crippen molar-refractivity contribution in [3.63, 3.8) is 0 Å². The van der Waals surface area contributed by atoms with Gasteiger partial charge >= 0.3 is 6.18 Å². The maximum Gasteiger partial charge on any atom is 0.422 e. The van der Waals surface area contributed by atoms with Gasteiger partial charge in [0, 0.05) is 24.6 Å². The van der Waals surface area contributed by atoms with Crippen molar-refractivity contribution in [2.75, 3.05) is 19.6 Å². The number of aliphatic hydroxyl groups is 1. The Morgan fingerprint density at radius 2 is 1.82 bits per heavy atom. The molecule has 9 heteroatoms. The van der Waals surface area contributed by atoms with E-state index in [1.807, 2.05) is 13.0 Å². The van der Waals surface area contributed by atoms with Crippen LogP contribution in [0.2, 0.25) is 0 Å². The number of nitro benzene ring substituents is 1. The second kappa shape index (κ2) is 14.8. The Bertz CT molecular complexity index is 1140. The Hall–Kier alpha value is -3.22. The average Bonchev–Trinajstić information content (AvgIpc) is 2.92. The molecule has 0 aromatic heterocycles. The molecule has 212 valence electrons. The number of likely N-dealkylation sites (tertiary alicyclic amines) is 1. The fourth-order valence-corrected chi connectivity index (χ4v) is 4.60. The number of piperidine rings is 1. The molecule has 2 aromatic carbocycles. The number of nitrogens with zero attached hydrogens (tertiary/aromatic N) is 3. The average molecular weight is 546 g/mol. The van der Waals surface area contributed by atoms with Gasteiger partial charge in [-0.3, -0.25) is 15.0 Å². The Balaban J connectivity index is 0.000000568. The number of hydrogen-bond donors (Lipinski definition) is 1. The highest BCUT2D eigenvalue weighted by atomic mass is 19.4. The number of alkyl halides is 3. The fourth-order valence-electron chi connectivity index (χ4n) is 4.60. The molecule has 0 aliphatic carbocycles. The predicted octanol–water partition coefficient (Wildman–Crippen LogP) is 7.25. The lowest BCUT2D eigenvalue weighted by Gasteiger charge is -2.40. The Morgan fingerprint density at radius 3 is 2.28 bits per heavy atom. The zero-order chi connectivity index (χ0) is 29.1. The number of non-ortho nitro benzene ring substituents is 1. The molecule has 1 aliphatic rings. The third-order valence-corrected chi connectivity index (χ3v) is 7.01. The maximum atomic E-state index is 14.3. The van der Waals surface area contributed by atoms with Gasteiger partial charge in [0.1, 0.15) is 0 Å². The van der Waals surface area contributed by atoms with Crippen molar-refractivity contribution in [1.82, 2.24) is 4.90 Å². The number of allylic oxidation sites excluding steroid dienone is 1. The second-order valence-electron chi connectivity index (χ2n) is 9.89. The molecule has 1 fully saturated rings. The van der Waals surface area contributed by atoms with Gasteiger partial charge in [0.25, 0.3) is 5.69 Å². The van der Waals surface area contributed by atoms with Gasteiger partial charge in [0.2, 0.25) is 0 Å². The Kier molecular flexibility index (Phi) is 12.1. The third-order valence-electron chi connectivity index (χ3n) is 7.01. The van der Waals surface area contributed by atoms with Crippen molar-refractivity contribution in [1.29, 1.82) is 5.26 Å². The van der Waals surface area contributed by atoms with E-state index in [0.717, 1.165) is 18.9 Å². The zero-order valence-corrected chi connectivity index (χ0v) is 22.9. The summed E-state index contributed by atoms with van der Waals surface area (Å²) in [4.78, 5) is 12.0. The monoisotopic (exact) mass is 545 g/mol. The van der Waals surface area contributed by atoms with Crippen LogP contribution in [0, 0.1) is 34.3 Å². The first-order valence-electron chi connectivity index (χ1n) is 13.4. The van der Waals surface area contributed by atoms with Crippen LogP contribution >= 0.6 is 0 Å². The summed E-state index contributed by atoms with van der Waals surface area (Å²) < 4.78 is 42.9. The topological polar surface area (TPSA) is 90.4 Å². The molecule has 2 aromatic rings. The van der Waals surface area contributed by atoms with Crippen molar-refractivity contribution in [2.45, 2.75) is 71.1 Å². The number of benzene rings is 2. The second-order valence-corrected chi connectivity index (χ2v) is 9.89. The van der Waals surface area contributed by atoms with Crippen molar-refractivity contribution >= 4 is 11.3 Å². The lowest BCUT2D eigenvalue weighted by molar-refractivity contribution is -0.384. The van der Waals surface area contributed by atoms with Gasteiger partial charge in [-0.15, -0.1) is 0 Å². The molecule has 1 N–H and O–H groups in total. The van der Waals surface area contributed by atoms with Gasteiger partial charge in [0.15, 0.2) is 5.60 Å². The molecular weight excluding hydrogens is 507 g/mol. The molecule has 3 rings (SSSR count). The molecule has 1 aliphatic heterocycles. The molecule has 0 amide bonds. The molecule has 0 saturated carbocycles. The van der Waals surface area contributed by atoms with Crippen LogP contribution in [0.5, 0.6) is 0 Å². The number of hydrogen-bond acceptors (Lipinski definition) is 5.